The zero-order valence-corrected chi connectivity index (χ0v) is 10.6. The number of carbonyl (C=O) groups excluding carboxylic acids is 1. The quantitative estimate of drug-likeness (QED) is 0.909. The Hall–Kier alpha value is -2.07. The molecule has 4 heteroatoms. The third-order valence-corrected chi connectivity index (χ3v) is 3.34. The van der Waals surface area contributed by atoms with Gasteiger partial charge in [0.25, 0.3) is 0 Å². The molecule has 19 heavy (non-hydrogen) atoms. The fourth-order valence-electron chi connectivity index (χ4n) is 2.40. The van der Waals surface area contributed by atoms with Gasteiger partial charge in [0.1, 0.15) is 5.76 Å². The summed E-state index contributed by atoms with van der Waals surface area (Å²) in [7, 11) is 0. The lowest BCUT2D eigenvalue weighted by Gasteiger charge is -2.17. The van der Waals surface area contributed by atoms with Crippen molar-refractivity contribution in [3.05, 3.63) is 54.0 Å². The standard InChI is InChI=1S/C15H16N2O2/c18-15(11-16-10-13-5-3-9-19-13)17-8-7-12-4-1-2-6-14(12)17/h1-6,9,16H,7-8,10-11H2. The van der Waals surface area contributed by atoms with Crippen LogP contribution < -0.4 is 10.2 Å². The molecule has 3 rings (SSSR count). The zero-order chi connectivity index (χ0) is 13.1. The molecule has 1 aliphatic heterocycles. The first-order chi connectivity index (χ1) is 9.34. The van der Waals surface area contributed by atoms with E-state index in [9.17, 15) is 4.79 Å². The summed E-state index contributed by atoms with van der Waals surface area (Å²) >= 11 is 0. The van der Waals surface area contributed by atoms with Crippen LogP contribution >= 0.6 is 0 Å². The van der Waals surface area contributed by atoms with Gasteiger partial charge in [0.05, 0.1) is 19.4 Å². The Morgan fingerprint density at radius 2 is 2.16 bits per heavy atom. The predicted molar refractivity (Wildman–Crippen MR) is 72.9 cm³/mol. The molecule has 1 amide bonds. The number of anilines is 1. The Kier molecular flexibility index (Phi) is 3.33. The molecule has 2 aromatic rings. The number of benzene rings is 1. The highest BCUT2D eigenvalue weighted by atomic mass is 16.3. The van der Waals surface area contributed by atoms with E-state index in [1.165, 1.54) is 5.56 Å². The van der Waals surface area contributed by atoms with Crippen LogP contribution in [0.5, 0.6) is 0 Å². The first-order valence-corrected chi connectivity index (χ1v) is 6.46. The average molecular weight is 256 g/mol. The Labute approximate surface area is 112 Å². The molecule has 0 spiro atoms. The molecule has 0 saturated carbocycles. The van der Waals surface area contributed by atoms with Gasteiger partial charge in [0, 0.05) is 12.2 Å². The average Bonchev–Trinajstić information content (AvgIpc) is 3.07. The summed E-state index contributed by atoms with van der Waals surface area (Å²) in [4.78, 5) is 14.0. The maximum atomic E-state index is 12.2. The Bertz CT molecular complexity index is 563. The second-order valence-electron chi connectivity index (χ2n) is 4.61. The van der Waals surface area contributed by atoms with Gasteiger partial charge in [0.15, 0.2) is 0 Å². The molecule has 0 atom stereocenters. The fourth-order valence-corrected chi connectivity index (χ4v) is 2.40. The SMILES string of the molecule is O=C(CNCc1ccco1)N1CCc2ccccc21. The van der Waals surface area contributed by atoms with E-state index in [-0.39, 0.29) is 5.91 Å². The minimum atomic E-state index is 0.108. The largest absolute Gasteiger partial charge is 0.468 e. The van der Waals surface area contributed by atoms with Crippen molar-refractivity contribution in [3.8, 4) is 0 Å². The summed E-state index contributed by atoms with van der Waals surface area (Å²) in [5.74, 6) is 0.950. The van der Waals surface area contributed by atoms with Gasteiger partial charge in [-0.25, -0.2) is 0 Å². The zero-order valence-electron chi connectivity index (χ0n) is 10.6. The van der Waals surface area contributed by atoms with Crippen LogP contribution in [0.4, 0.5) is 5.69 Å². The van der Waals surface area contributed by atoms with E-state index >= 15 is 0 Å². The van der Waals surface area contributed by atoms with Crippen molar-refractivity contribution in [3.63, 3.8) is 0 Å². The number of fused-ring (bicyclic) bond motifs is 1. The van der Waals surface area contributed by atoms with Crippen molar-refractivity contribution in [2.24, 2.45) is 0 Å². The smallest absolute Gasteiger partial charge is 0.240 e. The van der Waals surface area contributed by atoms with Gasteiger partial charge in [-0.3, -0.25) is 4.79 Å². The lowest BCUT2D eigenvalue weighted by atomic mass is 10.2. The van der Waals surface area contributed by atoms with E-state index in [0.717, 1.165) is 24.4 Å². The summed E-state index contributed by atoms with van der Waals surface area (Å²) in [5, 5.41) is 3.11. The fraction of sp³-hybridized carbons (Fsp3) is 0.267. The number of rotatable bonds is 4. The van der Waals surface area contributed by atoms with E-state index in [4.69, 9.17) is 4.42 Å². The normalized spacial score (nSPS) is 13.6. The molecule has 0 aliphatic carbocycles. The molecule has 98 valence electrons. The summed E-state index contributed by atoms with van der Waals surface area (Å²) < 4.78 is 5.21. The number of hydrogen-bond donors (Lipinski definition) is 1. The van der Waals surface area contributed by atoms with Gasteiger partial charge < -0.3 is 14.6 Å². The van der Waals surface area contributed by atoms with E-state index in [1.807, 2.05) is 35.2 Å². The van der Waals surface area contributed by atoms with Crippen molar-refractivity contribution in [2.75, 3.05) is 18.0 Å². The van der Waals surface area contributed by atoms with Crippen molar-refractivity contribution in [1.82, 2.24) is 5.32 Å². The lowest BCUT2D eigenvalue weighted by molar-refractivity contribution is -0.117. The van der Waals surface area contributed by atoms with E-state index in [0.29, 0.717) is 13.1 Å². The van der Waals surface area contributed by atoms with Crippen LogP contribution in [0.25, 0.3) is 0 Å². The number of hydrogen-bond acceptors (Lipinski definition) is 3. The second-order valence-corrected chi connectivity index (χ2v) is 4.61. The Morgan fingerprint density at radius 1 is 1.26 bits per heavy atom. The predicted octanol–water partition coefficient (Wildman–Crippen LogP) is 1.96. The summed E-state index contributed by atoms with van der Waals surface area (Å²) in [6.07, 6.45) is 2.58. The van der Waals surface area contributed by atoms with Gasteiger partial charge in [0.2, 0.25) is 5.91 Å². The lowest BCUT2D eigenvalue weighted by Crippen LogP contribution is -2.36. The third-order valence-electron chi connectivity index (χ3n) is 3.34. The number of para-hydroxylation sites is 1. The van der Waals surface area contributed by atoms with Crippen LogP contribution in [-0.2, 0) is 17.8 Å². The molecule has 0 fully saturated rings. The van der Waals surface area contributed by atoms with E-state index < -0.39 is 0 Å². The molecular formula is C15H16N2O2. The molecule has 1 aromatic carbocycles. The molecule has 4 nitrogen and oxygen atoms in total. The van der Waals surface area contributed by atoms with Crippen LogP contribution in [-0.4, -0.2) is 19.0 Å². The van der Waals surface area contributed by atoms with Gasteiger partial charge in [-0.2, -0.15) is 0 Å². The van der Waals surface area contributed by atoms with Gasteiger partial charge in [-0.05, 0) is 30.2 Å². The molecule has 0 bridgehead atoms. The number of carbonyl (C=O) groups is 1. The molecule has 1 N–H and O–H groups in total. The first-order valence-electron chi connectivity index (χ1n) is 6.46. The van der Waals surface area contributed by atoms with Gasteiger partial charge in [-0.15, -0.1) is 0 Å². The Balaban J connectivity index is 1.57. The van der Waals surface area contributed by atoms with Crippen LogP contribution in [0, 0.1) is 0 Å². The molecular weight excluding hydrogens is 240 g/mol. The van der Waals surface area contributed by atoms with E-state index in [1.54, 1.807) is 6.26 Å². The third kappa shape index (κ3) is 2.53. The first kappa shape index (κ1) is 12.0. The summed E-state index contributed by atoms with van der Waals surface area (Å²) in [5.41, 5.74) is 2.30. The van der Waals surface area contributed by atoms with Crippen LogP contribution in [0.1, 0.15) is 11.3 Å². The second kappa shape index (κ2) is 5.28. The molecule has 1 aromatic heterocycles. The van der Waals surface area contributed by atoms with Crippen molar-refractivity contribution in [2.45, 2.75) is 13.0 Å². The minimum absolute atomic E-state index is 0.108. The molecule has 2 heterocycles. The molecule has 0 radical (unpaired) electrons. The van der Waals surface area contributed by atoms with Gasteiger partial charge >= 0.3 is 0 Å². The van der Waals surface area contributed by atoms with Crippen LogP contribution in [0.15, 0.2) is 47.1 Å². The summed E-state index contributed by atoms with van der Waals surface area (Å²) in [6.45, 7) is 1.68. The number of amides is 1. The summed E-state index contributed by atoms with van der Waals surface area (Å²) in [6, 6.07) is 11.8. The highest BCUT2D eigenvalue weighted by Gasteiger charge is 2.23. The maximum Gasteiger partial charge on any atom is 0.240 e. The van der Waals surface area contributed by atoms with Crippen molar-refractivity contribution >= 4 is 11.6 Å². The molecule has 1 aliphatic rings. The maximum absolute atomic E-state index is 12.2. The van der Waals surface area contributed by atoms with E-state index in [2.05, 4.69) is 11.4 Å². The van der Waals surface area contributed by atoms with Crippen LogP contribution in [0.2, 0.25) is 0 Å². The van der Waals surface area contributed by atoms with Gasteiger partial charge in [-0.1, -0.05) is 18.2 Å². The highest BCUT2D eigenvalue weighted by molar-refractivity contribution is 5.96. The Morgan fingerprint density at radius 3 is 3.00 bits per heavy atom. The number of nitrogens with one attached hydrogen (secondary N) is 1. The van der Waals surface area contributed by atoms with Crippen LogP contribution in [0.3, 0.4) is 0 Å². The molecule has 0 unspecified atom stereocenters. The topological polar surface area (TPSA) is 45.5 Å². The van der Waals surface area contributed by atoms with Crippen molar-refractivity contribution < 1.29 is 9.21 Å². The number of furan rings is 1. The number of nitrogens with zero attached hydrogens (tertiary/aromatic N) is 1. The minimum Gasteiger partial charge on any atom is -0.468 e. The van der Waals surface area contributed by atoms with Crippen molar-refractivity contribution in [1.29, 1.82) is 0 Å². The monoisotopic (exact) mass is 256 g/mol. The molecule has 0 saturated heterocycles. The highest BCUT2D eigenvalue weighted by Crippen LogP contribution is 2.27.